The molecule has 6 heteroatoms. The fourth-order valence-electron chi connectivity index (χ4n) is 3.29. The second-order valence-electron chi connectivity index (χ2n) is 6.90. The lowest BCUT2D eigenvalue weighted by Gasteiger charge is -2.17. The third-order valence-electron chi connectivity index (χ3n) is 4.96. The van der Waals surface area contributed by atoms with Gasteiger partial charge in [-0.05, 0) is 49.1 Å². The number of anilines is 1. The number of carbonyl (C=O) groups excluding carboxylic acids is 1. The molecule has 1 aliphatic heterocycles. The van der Waals surface area contributed by atoms with E-state index in [-0.39, 0.29) is 12.5 Å². The zero-order chi connectivity index (χ0) is 19.1. The highest BCUT2D eigenvalue weighted by atomic mass is 16.5. The van der Waals surface area contributed by atoms with Gasteiger partial charge >= 0.3 is 0 Å². The van der Waals surface area contributed by atoms with Crippen molar-refractivity contribution in [1.82, 2.24) is 10.3 Å². The summed E-state index contributed by atoms with van der Waals surface area (Å²) in [5.74, 6) is 1.93. The van der Waals surface area contributed by atoms with Crippen LogP contribution in [0.4, 0.5) is 5.82 Å². The Hall–Kier alpha value is -2.60. The van der Waals surface area contributed by atoms with Crippen molar-refractivity contribution in [3.63, 3.8) is 0 Å². The van der Waals surface area contributed by atoms with E-state index in [9.17, 15) is 9.90 Å². The molecule has 1 aromatic heterocycles. The third kappa shape index (κ3) is 5.20. The van der Waals surface area contributed by atoms with E-state index in [1.165, 1.54) is 5.56 Å². The van der Waals surface area contributed by atoms with Crippen LogP contribution in [0.25, 0.3) is 0 Å². The van der Waals surface area contributed by atoms with Gasteiger partial charge in [0.25, 0.3) is 5.91 Å². The van der Waals surface area contributed by atoms with E-state index < -0.39 is 0 Å². The molecule has 3 rings (SSSR count). The number of amides is 1. The fraction of sp³-hybridized carbons (Fsp3) is 0.429. The third-order valence-corrected chi connectivity index (χ3v) is 4.96. The summed E-state index contributed by atoms with van der Waals surface area (Å²) >= 11 is 0. The first-order valence-corrected chi connectivity index (χ1v) is 9.42. The van der Waals surface area contributed by atoms with Gasteiger partial charge in [-0.25, -0.2) is 4.98 Å². The molecular formula is C21H27N3O3. The number of pyridine rings is 1. The molecule has 0 radical (unpaired) electrons. The van der Waals surface area contributed by atoms with Gasteiger partial charge in [0.15, 0.2) is 0 Å². The number of aliphatic hydroxyl groups excluding tert-OH is 1. The van der Waals surface area contributed by atoms with Crippen molar-refractivity contribution >= 4 is 11.7 Å². The Kier molecular flexibility index (Phi) is 6.65. The van der Waals surface area contributed by atoms with Crippen molar-refractivity contribution in [2.45, 2.75) is 19.3 Å². The molecule has 1 fully saturated rings. The van der Waals surface area contributed by atoms with Crippen LogP contribution < -0.4 is 15.0 Å². The maximum absolute atomic E-state index is 12.3. The van der Waals surface area contributed by atoms with Crippen LogP contribution in [0.2, 0.25) is 0 Å². The molecule has 0 aliphatic carbocycles. The van der Waals surface area contributed by atoms with Crippen LogP contribution in [0.1, 0.15) is 28.8 Å². The van der Waals surface area contributed by atoms with Crippen LogP contribution in [-0.4, -0.2) is 49.3 Å². The number of rotatable bonds is 8. The minimum Gasteiger partial charge on any atom is -0.497 e. The van der Waals surface area contributed by atoms with Gasteiger partial charge in [0.05, 0.1) is 12.7 Å². The topological polar surface area (TPSA) is 74.7 Å². The Labute approximate surface area is 160 Å². The number of hydrogen-bond donors (Lipinski definition) is 2. The molecular weight excluding hydrogens is 342 g/mol. The number of hydrogen-bond acceptors (Lipinski definition) is 5. The van der Waals surface area contributed by atoms with Crippen LogP contribution in [0.3, 0.4) is 0 Å². The van der Waals surface area contributed by atoms with Gasteiger partial charge in [-0.3, -0.25) is 4.79 Å². The van der Waals surface area contributed by atoms with Crippen LogP contribution in [0.15, 0.2) is 42.6 Å². The first kappa shape index (κ1) is 19.2. The summed E-state index contributed by atoms with van der Waals surface area (Å²) < 4.78 is 5.15. The highest BCUT2D eigenvalue weighted by Gasteiger charge is 2.22. The fourth-order valence-corrected chi connectivity index (χ4v) is 3.29. The molecule has 1 atom stereocenters. The molecule has 2 N–H and O–H groups in total. The highest BCUT2D eigenvalue weighted by molar-refractivity contribution is 5.94. The zero-order valence-corrected chi connectivity index (χ0v) is 15.7. The lowest BCUT2D eigenvalue weighted by molar-refractivity contribution is 0.0953. The molecule has 1 aliphatic rings. The molecule has 0 bridgehead atoms. The second kappa shape index (κ2) is 9.37. The maximum atomic E-state index is 12.3. The molecule has 6 nitrogen and oxygen atoms in total. The largest absolute Gasteiger partial charge is 0.497 e. The van der Waals surface area contributed by atoms with E-state index in [0.29, 0.717) is 18.0 Å². The van der Waals surface area contributed by atoms with Gasteiger partial charge in [0.2, 0.25) is 0 Å². The molecule has 1 amide bonds. The Morgan fingerprint density at radius 3 is 2.74 bits per heavy atom. The number of nitrogens with zero attached hydrogens (tertiary/aromatic N) is 2. The monoisotopic (exact) mass is 369 g/mol. The van der Waals surface area contributed by atoms with E-state index in [2.05, 4.69) is 15.2 Å². The SMILES string of the molecule is COc1ccc(CCCNC(=O)c2ccc(N3CC[C@@H](CO)C3)nc2)cc1. The van der Waals surface area contributed by atoms with E-state index in [4.69, 9.17) is 4.74 Å². The molecule has 2 heterocycles. The predicted molar refractivity (Wildman–Crippen MR) is 105 cm³/mol. The Morgan fingerprint density at radius 2 is 2.11 bits per heavy atom. The summed E-state index contributed by atoms with van der Waals surface area (Å²) in [5, 5.41) is 12.2. The highest BCUT2D eigenvalue weighted by Crippen LogP contribution is 2.21. The number of ether oxygens (including phenoxy) is 1. The van der Waals surface area contributed by atoms with Gasteiger partial charge in [0.1, 0.15) is 11.6 Å². The summed E-state index contributed by atoms with van der Waals surface area (Å²) in [5.41, 5.74) is 1.80. The first-order valence-electron chi connectivity index (χ1n) is 9.42. The first-order chi connectivity index (χ1) is 13.2. The Morgan fingerprint density at radius 1 is 1.30 bits per heavy atom. The summed E-state index contributed by atoms with van der Waals surface area (Å²) in [6.07, 6.45) is 4.39. The molecule has 2 aromatic rings. The molecule has 0 spiro atoms. The Balaban J connectivity index is 1.42. The van der Waals surface area contributed by atoms with Crippen LogP contribution in [0.5, 0.6) is 5.75 Å². The van der Waals surface area contributed by atoms with Gasteiger partial charge in [0, 0.05) is 38.4 Å². The van der Waals surface area contributed by atoms with Crippen molar-refractivity contribution in [2.75, 3.05) is 38.3 Å². The van der Waals surface area contributed by atoms with Gasteiger partial charge in [-0.2, -0.15) is 0 Å². The summed E-state index contributed by atoms with van der Waals surface area (Å²) in [7, 11) is 1.66. The number of aromatic nitrogens is 1. The minimum atomic E-state index is -0.0987. The van der Waals surface area contributed by atoms with Gasteiger partial charge in [-0.1, -0.05) is 12.1 Å². The standard InChI is InChI=1S/C21H27N3O3/c1-27-19-7-4-16(5-8-19)3-2-11-22-21(26)18-6-9-20(23-13-18)24-12-10-17(14-24)15-25/h4-9,13,17,25H,2-3,10-12,14-15H2,1H3,(H,22,26)/t17-/m1/s1. The number of benzene rings is 1. The molecule has 0 unspecified atom stereocenters. The predicted octanol–water partition coefficient (Wildman–Crippen LogP) is 2.27. The number of nitrogens with one attached hydrogen (secondary N) is 1. The van der Waals surface area contributed by atoms with E-state index in [0.717, 1.165) is 43.9 Å². The summed E-state index contributed by atoms with van der Waals surface area (Å²) in [6.45, 7) is 2.56. The molecule has 144 valence electrons. The number of methoxy groups -OCH3 is 1. The average molecular weight is 369 g/mol. The number of aryl methyl sites for hydroxylation is 1. The van der Waals surface area contributed by atoms with Crippen molar-refractivity contribution in [3.05, 3.63) is 53.7 Å². The zero-order valence-electron chi connectivity index (χ0n) is 15.7. The summed E-state index contributed by atoms with van der Waals surface area (Å²) in [6, 6.07) is 11.7. The quantitative estimate of drug-likeness (QED) is 0.698. The van der Waals surface area contributed by atoms with Crippen molar-refractivity contribution < 1.29 is 14.6 Å². The Bertz CT molecular complexity index is 731. The average Bonchev–Trinajstić information content (AvgIpc) is 3.21. The van der Waals surface area contributed by atoms with Crippen LogP contribution >= 0.6 is 0 Å². The number of carbonyl (C=O) groups is 1. The van der Waals surface area contributed by atoms with Crippen molar-refractivity contribution in [1.29, 1.82) is 0 Å². The van der Waals surface area contributed by atoms with Crippen LogP contribution in [-0.2, 0) is 6.42 Å². The lowest BCUT2D eigenvalue weighted by Crippen LogP contribution is -2.25. The smallest absolute Gasteiger partial charge is 0.252 e. The van der Waals surface area contributed by atoms with Gasteiger partial charge < -0.3 is 20.1 Å². The van der Waals surface area contributed by atoms with E-state index >= 15 is 0 Å². The van der Waals surface area contributed by atoms with Crippen molar-refractivity contribution in [3.8, 4) is 5.75 Å². The van der Waals surface area contributed by atoms with Gasteiger partial charge in [-0.15, -0.1) is 0 Å². The molecule has 1 aromatic carbocycles. The van der Waals surface area contributed by atoms with Crippen molar-refractivity contribution in [2.24, 2.45) is 5.92 Å². The summed E-state index contributed by atoms with van der Waals surface area (Å²) in [4.78, 5) is 18.8. The van der Waals surface area contributed by atoms with Crippen LogP contribution in [0, 0.1) is 5.92 Å². The van der Waals surface area contributed by atoms with E-state index in [1.54, 1.807) is 13.3 Å². The number of aliphatic hydroxyl groups is 1. The lowest BCUT2D eigenvalue weighted by atomic mass is 10.1. The second-order valence-corrected chi connectivity index (χ2v) is 6.90. The minimum absolute atomic E-state index is 0.0987. The van der Waals surface area contributed by atoms with E-state index in [1.807, 2.05) is 36.4 Å². The normalized spacial score (nSPS) is 16.4. The molecule has 1 saturated heterocycles. The molecule has 27 heavy (non-hydrogen) atoms. The maximum Gasteiger partial charge on any atom is 0.252 e. The molecule has 0 saturated carbocycles.